The fraction of sp³-hybridized carbons (Fsp3) is 0.200. The lowest BCUT2D eigenvalue weighted by Crippen LogP contribution is -2.27. The number of carbonyl (C=O) groups is 2. The van der Waals surface area contributed by atoms with Gasteiger partial charge in [0.1, 0.15) is 5.75 Å². The summed E-state index contributed by atoms with van der Waals surface area (Å²) in [5, 5.41) is 2.32. The first-order valence-electron chi connectivity index (χ1n) is 10.2. The summed E-state index contributed by atoms with van der Waals surface area (Å²) >= 11 is 7.00. The number of ether oxygens (including phenoxy) is 1. The van der Waals surface area contributed by atoms with Gasteiger partial charge in [0.05, 0.1) is 18.1 Å². The normalized spacial score (nSPS) is 15.3. The second kappa shape index (κ2) is 9.58. The van der Waals surface area contributed by atoms with Crippen molar-refractivity contribution in [1.29, 1.82) is 0 Å². The molecule has 0 bridgehead atoms. The second-order valence-corrected chi connectivity index (χ2v) is 8.73. The van der Waals surface area contributed by atoms with Crippen molar-refractivity contribution in [1.82, 2.24) is 4.90 Å². The number of hydrogen-bond acceptors (Lipinski definition) is 4. The Morgan fingerprint density at radius 1 is 1.06 bits per heavy atom. The number of benzene rings is 3. The zero-order valence-electron chi connectivity index (χ0n) is 17.1. The van der Waals surface area contributed by atoms with Gasteiger partial charge in [-0.25, -0.2) is 0 Å². The molecule has 0 N–H and O–H groups in total. The maximum absolute atomic E-state index is 13.1. The van der Waals surface area contributed by atoms with Gasteiger partial charge < -0.3 is 4.74 Å². The Morgan fingerprint density at radius 2 is 1.90 bits per heavy atom. The van der Waals surface area contributed by atoms with Crippen LogP contribution in [0.15, 0.2) is 65.6 Å². The molecule has 1 fully saturated rings. The molecule has 0 spiro atoms. The summed E-state index contributed by atoms with van der Waals surface area (Å²) in [4.78, 5) is 27.3. The summed E-state index contributed by atoms with van der Waals surface area (Å²) in [6, 6.07) is 19.1. The van der Waals surface area contributed by atoms with Gasteiger partial charge in [-0.1, -0.05) is 67.4 Å². The SMILES string of the molecule is CCCCOc1ccc2ccccc2c1/C=C1\SC(=O)N(Cc2cccc(Cl)c2)C1=O. The van der Waals surface area contributed by atoms with Crippen molar-refractivity contribution in [2.45, 2.75) is 26.3 Å². The molecule has 0 radical (unpaired) electrons. The molecule has 1 aliphatic heterocycles. The van der Waals surface area contributed by atoms with E-state index in [1.165, 1.54) is 4.90 Å². The van der Waals surface area contributed by atoms with Crippen LogP contribution in [-0.2, 0) is 11.3 Å². The minimum Gasteiger partial charge on any atom is -0.493 e. The number of carbonyl (C=O) groups excluding carboxylic acids is 2. The van der Waals surface area contributed by atoms with E-state index in [1.807, 2.05) is 48.5 Å². The number of rotatable bonds is 7. The molecule has 0 unspecified atom stereocenters. The molecule has 3 aromatic carbocycles. The maximum atomic E-state index is 13.1. The monoisotopic (exact) mass is 451 g/mol. The molecule has 0 aromatic heterocycles. The van der Waals surface area contributed by atoms with Crippen LogP contribution in [0.5, 0.6) is 5.75 Å². The van der Waals surface area contributed by atoms with Crippen LogP contribution in [0, 0.1) is 0 Å². The third-order valence-corrected chi connectivity index (χ3v) is 6.21. The lowest BCUT2D eigenvalue weighted by Gasteiger charge is -2.13. The van der Waals surface area contributed by atoms with Crippen molar-refractivity contribution in [2.75, 3.05) is 6.61 Å². The van der Waals surface area contributed by atoms with Crippen molar-refractivity contribution in [3.63, 3.8) is 0 Å². The third-order valence-electron chi connectivity index (χ3n) is 5.06. The van der Waals surface area contributed by atoms with E-state index in [4.69, 9.17) is 16.3 Å². The summed E-state index contributed by atoms with van der Waals surface area (Å²) in [5.41, 5.74) is 1.63. The molecule has 0 atom stereocenters. The average Bonchev–Trinajstić information content (AvgIpc) is 3.02. The highest BCUT2D eigenvalue weighted by atomic mass is 35.5. The number of thioether (sulfide) groups is 1. The van der Waals surface area contributed by atoms with Crippen molar-refractivity contribution in [3.05, 3.63) is 81.7 Å². The summed E-state index contributed by atoms with van der Waals surface area (Å²) in [6.45, 7) is 2.91. The minimum absolute atomic E-state index is 0.192. The van der Waals surface area contributed by atoms with E-state index in [2.05, 4.69) is 6.92 Å². The van der Waals surface area contributed by atoms with Crippen molar-refractivity contribution < 1.29 is 14.3 Å². The summed E-state index contributed by atoms with van der Waals surface area (Å²) in [5.74, 6) is 0.413. The molecule has 2 amide bonds. The van der Waals surface area contributed by atoms with Gasteiger partial charge in [0.15, 0.2) is 0 Å². The van der Waals surface area contributed by atoms with Crippen LogP contribution < -0.4 is 4.74 Å². The molecule has 1 heterocycles. The Labute approximate surface area is 190 Å². The molecule has 4 nitrogen and oxygen atoms in total. The van der Waals surface area contributed by atoms with E-state index in [0.29, 0.717) is 22.3 Å². The predicted molar refractivity (Wildman–Crippen MR) is 127 cm³/mol. The Hall–Kier alpha value is -2.76. The van der Waals surface area contributed by atoms with Crippen LogP contribution >= 0.6 is 23.4 Å². The van der Waals surface area contributed by atoms with Gasteiger partial charge in [-0.15, -0.1) is 0 Å². The second-order valence-electron chi connectivity index (χ2n) is 7.30. The van der Waals surface area contributed by atoms with Crippen LogP contribution in [-0.4, -0.2) is 22.7 Å². The van der Waals surface area contributed by atoms with Crippen molar-refractivity contribution >= 4 is 51.4 Å². The Kier molecular flexibility index (Phi) is 6.64. The molecular formula is C25H22ClNO3S. The lowest BCUT2D eigenvalue weighted by molar-refractivity contribution is -0.123. The number of fused-ring (bicyclic) bond motifs is 1. The molecule has 6 heteroatoms. The fourth-order valence-corrected chi connectivity index (χ4v) is 4.50. The van der Waals surface area contributed by atoms with Crippen molar-refractivity contribution in [3.8, 4) is 5.75 Å². The zero-order valence-corrected chi connectivity index (χ0v) is 18.7. The zero-order chi connectivity index (χ0) is 21.8. The van der Waals surface area contributed by atoms with Gasteiger partial charge in [-0.2, -0.15) is 0 Å². The Morgan fingerprint density at radius 3 is 2.71 bits per heavy atom. The highest BCUT2D eigenvalue weighted by molar-refractivity contribution is 8.18. The first-order chi connectivity index (χ1) is 15.1. The molecule has 0 aliphatic carbocycles. The average molecular weight is 452 g/mol. The largest absolute Gasteiger partial charge is 0.493 e. The smallest absolute Gasteiger partial charge is 0.293 e. The third kappa shape index (κ3) is 4.78. The molecule has 3 aromatic rings. The topological polar surface area (TPSA) is 46.6 Å². The van der Waals surface area contributed by atoms with Crippen LogP contribution in [0.25, 0.3) is 16.8 Å². The highest BCUT2D eigenvalue weighted by Gasteiger charge is 2.35. The van der Waals surface area contributed by atoms with E-state index in [9.17, 15) is 9.59 Å². The summed E-state index contributed by atoms with van der Waals surface area (Å²) < 4.78 is 6.02. The molecule has 0 saturated carbocycles. The number of halogens is 1. The Bertz CT molecular complexity index is 1170. The van der Waals surface area contributed by atoms with E-state index in [1.54, 1.807) is 18.2 Å². The van der Waals surface area contributed by atoms with Crippen LogP contribution in [0.4, 0.5) is 4.79 Å². The van der Waals surface area contributed by atoms with E-state index >= 15 is 0 Å². The summed E-state index contributed by atoms with van der Waals surface area (Å²) in [7, 11) is 0. The van der Waals surface area contributed by atoms with E-state index in [0.717, 1.165) is 46.5 Å². The first kappa shape index (κ1) is 21.5. The standard InChI is InChI=1S/C25H22ClNO3S/c1-2-3-13-30-22-12-11-18-8-4-5-10-20(18)21(22)15-23-24(28)27(25(29)31-23)16-17-7-6-9-19(26)14-17/h4-12,14-15H,2-3,13,16H2,1H3/b23-15-. The number of hydrogen-bond donors (Lipinski definition) is 0. The number of amides is 2. The summed E-state index contributed by atoms with van der Waals surface area (Å²) in [6.07, 6.45) is 3.76. The molecule has 1 aliphatic rings. The number of unbranched alkanes of at least 4 members (excludes halogenated alkanes) is 1. The van der Waals surface area contributed by atoms with Gasteiger partial charge in [0.2, 0.25) is 0 Å². The molecule has 4 rings (SSSR count). The predicted octanol–water partition coefficient (Wildman–Crippen LogP) is 6.91. The molecule has 158 valence electrons. The molecule has 31 heavy (non-hydrogen) atoms. The van der Waals surface area contributed by atoms with Gasteiger partial charge >= 0.3 is 0 Å². The van der Waals surface area contributed by atoms with Crippen molar-refractivity contribution in [2.24, 2.45) is 0 Å². The van der Waals surface area contributed by atoms with Gasteiger partial charge in [0, 0.05) is 10.6 Å². The maximum Gasteiger partial charge on any atom is 0.293 e. The van der Waals surface area contributed by atoms with Gasteiger partial charge in [-0.3, -0.25) is 14.5 Å². The van der Waals surface area contributed by atoms with Crippen LogP contribution in [0.2, 0.25) is 5.02 Å². The highest BCUT2D eigenvalue weighted by Crippen LogP contribution is 2.37. The number of nitrogens with zero attached hydrogens (tertiary/aromatic N) is 1. The Balaban J connectivity index is 1.68. The quantitative estimate of drug-likeness (QED) is 0.289. The van der Waals surface area contributed by atoms with E-state index in [-0.39, 0.29) is 17.7 Å². The van der Waals surface area contributed by atoms with Gasteiger partial charge in [0.25, 0.3) is 11.1 Å². The van der Waals surface area contributed by atoms with Crippen LogP contribution in [0.1, 0.15) is 30.9 Å². The number of imide groups is 1. The van der Waals surface area contributed by atoms with Gasteiger partial charge in [-0.05, 0) is 58.8 Å². The molecular weight excluding hydrogens is 430 g/mol. The van der Waals surface area contributed by atoms with Crippen LogP contribution in [0.3, 0.4) is 0 Å². The first-order valence-corrected chi connectivity index (χ1v) is 11.4. The lowest BCUT2D eigenvalue weighted by atomic mass is 10.0. The molecule has 1 saturated heterocycles. The van der Waals surface area contributed by atoms with E-state index < -0.39 is 0 Å². The minimum atomic E-state index is -0.303. The fourth-order valence-electron chi connectivity index (χ4n) is 3.46.